The predicted octanol–water partition coefficient (Wildman–Crippen LogP) is 2.65. The van der Waals surface area contributed by atoms with Crippen LogP contribution in [-0.2, 0) is 0 Å². The van der Waals surface area contributed by atoms with E-state index in [1.54, 1.807) is 24.3 Å². The number of benzene rings is 1. The Balaban J connectivity index is 2.18. The van der Waals surface area contributed by atoms with Gasteiger partial charge in [0.1, 0.15) is 11.4 Å². The maximum absolute atomic E-state index is 12.2. The van der Waals surface area contributed by atoms with Crippen molar-refractivity contribution in [3.05, 3.63) is 30.6 Å². The number of para-hydroxylation sites is 1. The number of aliphatic hydroxyl groups is 1. The molecule has 0 aliphatic heterocycles. The van der Waals surface area contributed by atoms with Crippen LogP contribution in [-0.4, -0.2) is 33.1 Å². The molecule has 0 radical (unpaired) electrons. The third kappa shape index (κ3) is 2.91. The van der Waals surface area contributed by atoms with E-state index in [-0.39, 0.29) is 0 Å². The fourth-order valence-electron chi connectivity index (χ4n) is 1.35. The first kappa shape index (κ1) is 13.1. The van der Waals surface area contributed by atoms with E-state index in [0.717, 1.165) is 11.8 Å². The lowest BCUT2D eigenvalue weighted by molar-refractivity contribution is -0.195. The zero-order valence-electron chi connectivity index (χ0n) is 9.05. The number of hydrogen-bond acceptors (Lipinski definition) is 4. The summed E-state index contributed by atoms with van der Waals surface area (Å²) in [5, 5.41) is 10.0. The standard InChI is InChI=1S/C11H9F3N2OS/c12-11(13,14)9(17)5-18-10-7-3-1-2-4-8(7)15-6-16-10/h1-4,6,9,17H,5H2. The maximum atomic E-state index is 12.2. The molecule has 0 amide bonds. The van der Waals surface area contributed by atoms with E-state index in [1.165, 1.54) is 6.33 Å². The summed E-state index contributed by atoms with van der Waals surface area (Å²) in [6.45, 7) is 0. The third-order valence-corrected chi connectivity index (χ3v) is 3.34. The lowest BCUT2D eigenvalue weighted by Crippen LogP contribution is -2.30. The van der Waals surface area contributed by atoms with E-state index in [1.807, 2.05) is 0 Å². The minimum atomic E-state index is -4.60. The van der Waals surface area contributed by atoms with E-state index < -0.39 is 18.0 Å². The Hall–Kier alpha value is -1.34. The topological polar surface area (TPSA) is 46.0 Å². The van der Waals surface area contributed by atoms with Crippen molar-refractivity contribution in [2.75, 3.05) is 5.75 Å². The highest BCUT2D eigenvalue weighted by molar-refractivity contribution is 7.99. The minimum Gasteiger partial charge on any atom is -0.383 e. The average molecular weight is 274 g/mol. The zero-order chi connectivity index (χ0) is 13.2. The lowest BCUT2D eigenvalue weighted by Gasteiger charge is -2.13. The molecule has 1 aromatic heterocycles. The quantitative estimate of drug-likeness (QED) is 0.690. The van der Waals surface area contributed by atoms with Gasteiger partial charge in [-0.2, -0.15) is 13.2 Å². The van der Waals surface area contributed by atoms with Crippen molar-refractivity contribution in [2.24, 2.45) is 0 Å². The predicted molar refractivity (Wildman–Crippen MR) is 62.3 cm³/mol. The van der Waals surface area contributed by atoms with E-state index >= 15 is 0 Å². The van der Waals surface area contributed by atoms with Gasteiger partial charge in [0.15, 0.2) is 6.10 Å². The summed E-state index contributed by atoms with van der Waals surface area (Å²) in [5.41, 5.74) is 0.663. The molecule has 7 heteroatoms. The Labute approximate surface area is 105 Å². The number of rotatable bonds is 3. The van der Waals surface area contributed by atoms with Gasteiger partial charge in [-0.3, -0.25) is 0 Å². The highest BCUT2D eigenvalue weighted by Gasteiger charge is 2.38. The molecule has 1 aromatic carbocycles. The number of halogens is 3. The molecule has 2 aromatic rings. The number of nitrogens with zero attached hydrogens (tertiary/aromatic N) is 2. The number of aliphatic hydroxyl groups excluding tert-OH is 1. The Kier molecular flexibility index (Phi) is 3.72. The molecule has 0 spiro atoms. The van der Waals surface area contributed by atoms with Crippen molar-refractivity contribution in [3.63, 3.8) is 0 Å². The van der Waals surface area contributed by atoms with Crippen molar-refractivity contribution in [3.8, 4) is 0 Å². The van der Waals surface area contributed by atoms with Gasteiger partial charge in [0.05, 0.1) is 5.52 Å². The SMILES string of the molecule is OC(CSc1ncnc2ccccc12)C(F)(F)F. The molecular weight excluding hydrogens is 265 g/mol. The average Bonchev–Trinajstić information content (AvgIpc) is 2.34. The third-order valence-electron chi connectivity index (χ3n) is 2.26. The van der Waals surface area contributed by atoms with Crippen LogP contribution in [0.1, 0.15) is 0 Å². The molecule has 0 aliphatic carbocycles. The van der Waals surface area contributed by atoms with E-state index in [0.29, 0.717) is 15.9 Å². The molecular formula is C11H9F3N2OS. The van der Waals surface area contributed by atoms with Crippen LogP contribution in [0.5, 0.6) is 0 Å². The van der Waals surface area contributed by atoms with Crippen molar-refractivity contribution < 1.29 is 18.3 Å². The van der Waals surface area contributed by atoms with Crippen LogP contribution in [0.25, 0.3) is 10.9 Å². The summed E-state index contributed by atoms with van der Waals surface area (Å²) in [6.07, 6.45) is -5.66. The summed E-state index contributed by atoms with van der Waals surface area (Å²) >= 11 is 0.864. The first-order valence-electron chi connectivity index (χ1n) is 5.06. The van der Waals surface area contributed by atoms with Crippen LogP contribution in [0.15, 0.2) is 35.6 Å². The Bertz CT molecular complexity index is 542. The summed E-state index contributed by atoms with van der Waals surface area (Å²) in [5.74, 6) is -0.482. The summed E-state index contributed by atoms with van der Waals surface area (Å²) < 4.78 is 36.5. The van der Waals surface area contributed by atoms with Gasteiger partial charge in [-0.25, -0.2) is 9.97 Å². The largest absolute Gasteiger partial charge is 0.415 e. The van der Waals surface area contributed by atoms with Gasteiger partial charge in [0.2, 0.25) is 0 Å². The first-order chi connectivity index (χ1) is 8.48. The fraction of sp³-hybridized carbons (Fsp3) is 0.273. The van der Waals surface area contributed by atoms with E-state index in [4.69, 9.17) is 5.11 Å². The van der Waals surface area contributed by atoms with Crippen LogP contribution in [0.4, 0.5) is 13.2 Å². The van der Waals surface area contributed by atoms with Crippen molar-refractivity contribution in [2.45, 2.75) is 17.3 Å². The molecule has 0 saturated carbocycles. The van der Waals surface area contributed by atoms with Crippen molar-refractivity contribution >= 4 is 22.7 Å². The zero-order valence-corrected chi connectivity index (χ0v) is 9.87. The minimum absolute atomic E-state index is 0.434. The lowest BCUT2D eigenvalue weighted by atomic mass is 10.2. The first-order valence-corrected chi connectivity index (χ1v) is 6.04. The van der Waals surface area contributed by atoms with Crippen LogP contribution >= 0.6 is 11.8 Å². The molecule has 3 nitrogen and oxygen atoms in total. The molecule has 0 saturated heterocycles. The molecule has 1 heterocycles. The number of aromatic nitrogens is 2. The van der Waals surface area contributed by atoms with Gasteiger partial charge >= 0.3 is 6.18 Å². The number of alkyl halides is 3. The normalized spacial score (nSPS) is 13.8. The molecule has 18 heavy (non-hydrogen) atoms. The van der Waals surface area contributed by atoms with Gasteiger partial charge in [-0.05, 0) is 6.07 Å². The van der Waals surface area contributed by atoms with Crippen LogP contribution in [0.2, 0.25) is 0 Å². The molecule has 0 fully saturated rings. The van der Waals surface area contributed by atoms with Gasteiger partial charge in [0.25, 0.3) is 0 Å². The summed E-state index contributed by atoms with van der Waals surface area (Å²) in [7, 11) is 0. The summed E-state index contributed by atoms with van der Waals surface area (Å²) in [4.78, 5) is 7.94. The maximum Gasteiger partial charge on any atom is 0.415 e. The van der Waals surface area contributed by atoms with E-state index in [2.05, 4.69) is 9.97 Å². The van der Waals surface area contributed by atoms with Crippen molar-refractivity contribution in [1.29, 1.82) is 0 Å². The second-order valence-corrected chi connectivity index (χ2v) is 4.57. The molecule has 1 atom stereocenters. The second kappa shape index (κ2) is 5.11. The van der Waals surface area contributed by atoms with Gasteiger partial charge in [-0.15, -0.1) is 11.8 Å². The molecule has 2 rings (SSSR count). The fourth-order valence-corrected chi connectivity index (χ4v) is 2.30. The van der Waals surface area contributed by atoms with Crippen molar-refractivity contribution in [1.82, 2.24) is 9.97 Å². The molecule has 96 valence electrons. The van der Waals surface area contributed by atoms with Gasteiger partial charge in [0, 0.05) is 11.1 Å². The highest BCUT2D eigenvalue weighted by atomic mass is 32.2. The Morgan fingerprint density at radius 3 is 2.67 bits per heavy atom. The van der Waals surface area contributed by atoms with Crippen LogP contribution in [0.3, 0.4) is 0 Å². The number of hydrogen-bond donors (Lipinski definition) is 1. The molecule has 0 aliphatic rings. The molecule has 1 unspecified atom stereocenters. The Morgan fingerprint density at radius 2 is 1.94 bits per heavy atom. The summed E-state index contributed by atoms with van der Waals surface area (Å²) in [6, 6.07) is 7.03. The molecule has 0 bridgehead atoms. The second-order valence-electron chi connectivity index (χ2n) is 3.56. The monoisotopic (exact) mass is 274 g/mol. The highest BCUT2D eigenvalue weighted by Crippen LogP contribution is 2.28. The van der Waals surface area contributed by atoms with Crippen LogP contribution in [0, 0.1) is 0 Å². The smallest absolute Gasteiger partial charge is 0.383 e. The molecule has 1 N–H and O–H groups in total. The van der Waals surface area contributed by atoms with Crippen LogP contribution < -0.4 is 0 Å². The van der Waals surface area contributed by atoms with Gasteiger partial charge < -0.3 is 5.11 Å². The van der Waals surface area contributed by atoms with Gasteiger partial charge in [-0.1, -0.05) is 18.2 Å². The number of fused-ring (bicyclic) bond motifs is 1. The van der Waals surface area contributed by atoms with E-state index in [9.17, 15) is 13.2 Å². The Morgan fingerprint density at radius 1 is 1.22 bits per heavy atom. The number of thioether (sulfide) groups is 1.